The summed E-state index contributed by atoms with van der Waals surface area (Å²) in [6.45, 7) is 4.62. The Bertz CT molecular complexity index is 390. The van der Waals surface area contributed by atoms with Crippen LogP contribution in [0.2, 0.25) is 0 Å². The van der Waals surface area contributed by atoms with Crippen molar-refractivity contribution in [2.75, 3.05) is 14.1 Å². The zero-order chi connectivity index (χ0) is 27.1. The molecule has 0 N–H and O–H groups in total. The highest BCUT2D eigenvalue weighted by molar-refractivity contribution is 4.67. The molecule has 0 saturated carbocycles. The van der Waals surface area contributed by atoms with E-state index in [9.17, 15) is 0 Å². The lowest BCUT2D eigenvalue weighted by molar-refractivity contribution is 0.251. The second kappa shape index (κ2) is 32.2. The minimum atomic E-state index is 0.819. The third-order valence-electron chi connectivity index (χ3n) is 8.76. The van der Waals surface area contributed by atoms with Gasteiger partial charge in [0.05, 0.1) is 0 Å². The Balaban J connectivity index is 3.38. The van der Waals surface area contributed by atoms with Gasteiger partial charge in [-0.15, -0.1) is 0 Å². The molecule has 0 heterocycles. The van der Waals surface area contributed by atoms with E-state index >= 15 is 0 Å². The van der Waals surface area contributed by atoms with E-state index in [4.69, 9.17) is 0 Å². The second-order valence-electron chi connectivity index (χ2n) is 12.7. The molecule has 0 aliphatic heterocycles. The summed E-state index contributed by atoms with van der Waals surface area (Å²) >= 11 is 0. The van der Waals surface area contributed by atoms with Crippen LogP contribution in [0.3, 0.4) is 0 Å². The van der Waals surface area contributed by atoms with Crippen molar-refractivity contribution in [3.63, 3.8) is 0 Å². The first-order valence-electron chi connectivity index (χ1n) is 17.9. The van der Waals surface area contributed by atoms with Crippen molar-refractivity contribution >= 4 is 0 Å². The summed E-state index contributed by atoms with van der Waals surface area (Å²) in [5.41, 5.74) is 0. The fourth-order valence-corrected chi connectivity index (χ4v) is 5.99. The molecule has 224 valence electrons. The van der Waals surface area contributed by atoms with Gasteiger partial charge in [0.1, 0.15) is 0 Å². The van der Waals surface area contributed by atoms with Crippen LogP contribution in [0, 0.1) is 0 Å². The normalized spacial score (nSPS) is 12.6. The summed E-state index contributed by atoms with van der Waals surface area (Å²) in [7, 11) is 4.61. The van der Waals surface area contributed by atoms with Crippen molar-refractivity contribution in [3.8, 4) is 0 Å². The van der Waals surface area contributed by atoms with Gasteiger partial charge in [0.2, 0.25) is 0 Å². The van der Waals surface area contributed by atoms with Gasteiger partial charge in [-0.3, -0.25) is 0 Å². The highest BCUT2D eigenvalue weighted by atomic mass is 15.1. The zero-order valence-corrected chi connectivity index (χ0v) is 26.9. The van der Waals surface area contributed by atoms with Crippen LogP contribution < -0.4 is 0 Å². The summed E-state index contributed by atoms with van der Waals surface area (Å²) in [5, 5.41) is 0. The molecule has 0 saturated heterocycles. The third-order valence-corrected chi connectivity index (χ3v) is 8.76. The van der Waals surface area contributed by atoms with Crippen LogP contribution >= 0.6 is 0 Å². The van der Waals surface area contributed by atoms with Crippen LogP contribution in [0.4, 0.5) is 0 Å². The average Bonchev–Trinajstić information content (AvgIpc) is 2.89. The van der Waals surface area contributed by atoms with Crippen molar-refractivity contribution in [3.05, 3.63) is 0 Å². The van der Waals surface area contributed by atoms with Gasteiger partial charge in [0.25, 0.3) is 0 Å². The molecule has 1 heteroatoms. The predicted molar refractivity (Wildman–Crippen MR) is 172 cm³/mol. The first-order chi connectivity index (χ1) is 18.2. The number of rotatable bonds is 32. The Morgan fingerprint density at radius 3 is 0.676 bits per heavy atom. The van der Waals surface area contributed by atoms with Gasteiger partial charge >= 0.3 is 0 Å². The molecule has 1 atom stereocenters. The molecule has 0 aliphatic rings. The van der Waals surface area contributed by atoms with Gasteiger partial charge in [-0.25, -0.2) is 0 Å². The molecule has 37 heavy (non-hydrogen) atoms. The molecular formula is C36H75N. The number of hydrogen-bond donors (Lipinski definition) is 0. The molecule has 0 rings (SSSR count). The van der Waals surface area contributed by atoms with E-state index in [0.717, 1.165) is 6.04 Å². The first-order valence-corrected chi connectivity index (χ1v) is 17.9. The Morgan fingerprint density at radius 2 is 0.486 bits per heavy atom. The van der Waals surface area contributed by atoms with Crippen molar-refractivity contribution in [2.45, 2.75) is 219 Å². The lowest BCUT2D eigenvalue weighted by atomic mass is 9.99. The van der Waals surface area contributed by atoms with Gasteiger partial charge < -0.3 is 4.90 Å². The number of hydrogen-bond acceptors (Lipinski definition) is 1. The molecule has 0 aromatic rings. The SMILES string of the molecule is CCCCCCCCCCCCCCCCCCC(CCCCCCCCCCCCCCC)N(C)C. The molecule has 0 aromatic carbocycles. The van der Waals surface area contributed by atoms with E-state index in [0.29, 0.717) is 0 Å². The van der Waals surface area contributed by atoms with E-state index in [2.05, 4.69) is 32.8 Å². The number of unbranched alkanes of at least 4 members (excludes halogenated alkanes) is 27. The van der Waals surface area contributed by atoms with Crippen LogP contribution in [0.5, 0.6) is 0 Å². The van der Waals surface area contributed by atoms with E-state index < -0.39 is 0 Å². The molecule has 0 bridgehead atoms. The highest BCUT2D eigenvalue weighted by Crippen LogP contribution is 2.18. The maximum absolute atomic E-state index is 2.51. The predicted octanol–water partition coefficient (Wildman–Crippen LogP) is 13.0. The Hall–Kier alpha value is -0.0400. The van der Waals surface area contributed by atoms with Crippen LogP contribution in [-0.4, -0.2) is 25.0 Å². The minimum Gasteiger partial charge on any atom is -0.306 e. The Labute approximate surface area is 237 Å². The van der Waals surface area contributed by atoms with Gasteiger partial charge in [-0.05, 0) is 26.9 Å². The monoisotopic (exact) mass is 522 g/mol. The lowest BCUT2D eigenvalue weighted by Crippen LogP contribution is -2.27. The maximum Gasteiger partial charge on any atom is 0.00891 e. The molecule has 0 fully saturated rings. The fraction of sp³-hybridized carbons (Fsp3) is 1.00. The summed E-state index contributed by atoms with van der Waals surface area (Å²) in [6.07, 6.45) is 45.3. The molecule has 1 unspecified atom stereocenters. The number of nitrogens with zero attached hydrogens (tertiary/aromatic N) is 1. The second-order valence-corrected chi connectivity index (χ2v) is 12.7. The van der Waals surface area contributed by atoms with E-state index in [1.54, 1.807) is 0 Å². The van der Waals surface area contributed by atoms with Crippen LogP contribution in [0.25, 0.3) is 0 Å². The average molecular weight is 522 g/mol. The zero-order valence-electron chi connectivity index (χ0n) is 26.9. The summed E-state index contributed by atoms with van der Waals surface area (Å²) in [5.74, 6) is 0. The van der Waals surface area contributed by atoms with E-state index in [1.807, 2.05) is 0 Å². The minimum absolute atomic E-state index is 0.819. The smallest absolute Gasteiger partial charge is 0.00891 e. The molecule has 0 aliphatic carbocycles. The third kappa shape index (κ3) is 30.4. The molecular weight excluding hydrogens is 446 g/mol. The molecule has 0 aromatic heterocycles. The Morgan fingerprint density at radius 1 is 0.297 bits per heavy atom. The largest absolute Gasteiger partial charge is 0.306 e. The summed E-state index contributed by atoms with van der Waals surface area (Å²) in [6, 6.07) is 0.819. The maximum atomic E-state index is 2.51. The summed E-state index contributed by atoms with van der Waals surface area (Å²) in [4.78, 5) is 2.51. The molecule has 0 radical (unpaired) electrons. The first kappa shape index (κ1) is 37.0. The van der Waals surface area contributed by atoms with E-state index in [1.165, 1.54) is 199 Å². The standard InChI is InChI=1S/C36H75N/c1-5-7-9-11-13-15-17-19-20-21-23-25-27-29-31-33-35-36(37(3)4)34-32-30-28-26-24-22-18-16-14-12-10-8-6-2/h36H,5-35H2,1-4H3. The van der Waals surface area contributed by atoms with Crippen molar-refractivity contribution in [1.82, 2.24) is 4.90 Å². The summed E-state index contributed by atoms with van der Waals surface area (Å²) < 4.78 is 0. The topological polar surface area (TPSA) is 3.24 Å². The van der Waals surface area contributed by atoms with Gasteiger partial charge in [0, 0.05) is 6.04 Å². The van der Waals surface area contributed by atoms with Crippen molar-refractivity contribution < 1.29 is 0 Å². The van der Waals surface area contributed by atoms with E-state index in [-0.39, 0.29) is 0 Å². The quantitative estimate of drug-likeness (QED) is 0.0795. The highest BCUT2D eigenvalue weighted by Gasteiger charge is 2.10. The van der Waals surface area contributed by atoms with Crippen LogP contribution in [-0.2, 0) is 0 Å². The van der Waals surface area contributed by atoms with Gasteiger partial charge in [-0.1, -0.05) is 200 Å². The molecule has 1 nitrogen and oxygen atoms in total. The fourth-order valence-electron chi connectivity index (χ4n) is 5.99. The van der Waals surface area contributed by atoms with Crippen molar-refractivity contribution in [2.24, 2.45) is 0 Å². The molecule has 0 spiro atoms. The Kier molecular flexibility index (Phi) is 32.1. The van der Waals surface area contributed by atoms with Crippen LogP contribution in [0.1, 0.15) is 213 Å². The van der Waals surface area contributed by atoms with Gasteiger partial charge in [-0.2, -0.15) is 0 Å². The van der Waals surface area contributed by atoms with Crippen molar-refractivity contribution in [1.29, 1.82) is 0 Å². The molecule has 0 amide bonds. The van der Waals surface area contributed by atoms with Gasteiger partial charge in [0.15, 0.2) is 0 Å². The van der Waals surface area contributed by atoms with Crippen LogP contribution in [0.15, 0.2) is 0 Å². The lowest BCUT2D eigenvalue weighted by Gasteiger charge is -2.24.